The van der Waals surface area contributed by atoms with Crippen molar-refractivity contribution in [1.82, 2.24) is 0 Å². The number of amides is 2. The van der Waals surface area contributed by atoms with Crippen molar-refractivity contribution < 1.29 is 19.1 Å². The predicted octanol–water partition coefficient (Wildman–Crippen LogP) is 3.32. The summed E-state index contributed by atoms with van der Waals surface area (Å²) >= 11 is 7.18. The monoisotopic (exact) mass is 431 g/mol. The Bertz CT molecular complexity index is 1010. The number of aliphatic imine (C=N–C) groups is 1. The van der Waals surface area contributed by atoms with Crippen molar-refractivity contribution in [2.75, 3.05) is 24.9 Å². The second-order valence-electron chi connectivity index (χ2n) is 5.91. The van der Waals surface area contributed by atoms with Gasteiger partial charge >= 0.3 is 0 Å². The lowest BCUT2D eigenvalue weighted by Crippen LogP contribution is -2.31. The molecule has 0 fully saturated rings. The third-order valence-electron chi connectivity index (χ3n) is 3.99. The van der Waals surface area contributed by atoms with Gasteiger partial charge in [-0.05, 0) is 35.9 Å². The van der Waals surface area contributed by atoms with E-state index in [1.165, 1.54) is 12.0 Å². The lowest BCUT2D eigenvalue weighted by atomic mass is 10.2. The van der Waals surface area contributed by atoms with Crippen LogP contribution < -0.4 is 20.1 Å². The molecule has 150 valence electrons. The van der Waals surface area contributed by atoms with Crippen LogP contribution in [0, 0.1) is 0 Å². The molecule has 0 saturated heterocycles. The zero-order valence-electron chi connectivity index (χ0n) is 15.7. The molecule has 0 unspecified atom stereocenters. The quantitative estimate of drug-likeness (QED) is 0.708. The Balaban J connectivity index is 1.98. The maximum absolute atomic E-state index is 13.1. The number of nitrogens with zero attached hydrogens (tertiary/aromatic N) is 2. The van der Waals surface area contributed by atoms with Crippen LogP contribution in [0.2, 0.25) is 5.02 Å². The normalized spacial score (nSPS) is 14.9. The number of benzene rings is 2. The first-order chi connectivity index (χ1) is 13.9. The van der Waals surface area contributed by atoms with Gasteiger partial charge in [-0.2, -0.15) is 0 Å². The molecule has 2 amide bonds. The van der Waals surface area contributed by atoms with Gasteiger partial charge in [-0.25, -0.2) is 4.99 Å². The molecule has 0 radical (unpaired) electrons. The van der Waals surface area contributed by atoms with Gasteiger partial charge < -0.3 is 15.2 Å². The van der Waals surface area contributed by atoms with Crippen LogP contribution in [0.3, 0.4) is 0 Å². The SMILES string of the molecule is COc1ccc(C=C2N=C(SCC(N)=O)N(c3ccc(Cl)c(OC)c3)C2=O)cc1. The Morgan fingerprint density at radius 1 is 1.21 bits per heavy atom. The number of carbonyl (C=O) groups is 2. The van der Waals surface area contributed by atoms with Crippen molar-refractivity contribution in [2.24, 2.45) is 10.7 Å². The van der Waals surface area contributed by atoms with Crippen LogP contribution in [-0.4, -0.2) is 37.0 Å². The van der Waals surface area contributed by atoms with E-state index in [1.54, 1.807) is 43.5 Å². The van der Waals surface area contributed by atoms with Gasteiger partial charge in [0.25, 0.3) is 5.91 Å². The third kappa shape index (κ3) is 4.72. The number of rotatable bonds is 6. The highest BCUT2D eigenvalue weighted by Gasteiger charge is 2.32. The number of primary amides is 1. The molecule has 0 aromatic heterocycles. The Hall–Kier alpha value is -2.97. The summed E-state index contributed by atoms with van der Waals surface area (Å²) in [6, 6.07) is 12.2. The summed E-state index contributed by atoms with van der Waals surface area (Å²) < 4.78 is 10.4. The Kier molecular flexibility index (Phi) is 6.46. The van der Waals surface area contributed by atoms with Crippen LogP contribution >= 0.6 is 23.4 Å². The minimum atomic E-state index is -0.508. The van der Waals surface area contributed by atoms with E-state index in [0.29, 0.717) is 27.4 Å². The van der Waals surface area contributed by atoms with Crippen molar-refractivity contribution >= 4 is 52.1 Å². The third-order valence-corrected chi connectivity index (χ3v) is 5.26. The summed E-state index contributed by atoms with van der Waals surface area (Å²) in [7, 11) is 3.07. The minimum absolute atomic E-state index is 0.0108. The average molecular weight is 432 g/mol. The predicted molar refractivity (Wildman–Crippen MR) is 116 cm³/mol. The zero-order valence-corrected chi connectivity index (χ0v) is 17.3. The summed E-state index contributed by atoms with van der Waals surface area (Å²) in [6.07, 6.45) is 1.67. The van der Waals surface area contributed by atoms with Crippen LogP contribution in [0.4, 0.5) is 5.69 Å². The van der Waals surface area contributed by atoms with E-state index in [0.717, 1.165) is 17.3 Å². The molecule has 0 spiro atoms. The minimum Gasteiger partial charge on any atom is -0.497 e. The molecule has 0 atom stereocenters. The highest BCUT2D eigenvalue weighted by molar-refractivity contribution is 8.14. The fourth-order valence-corrected chi connectivity index (χ4v) is 3.55. The Morgan fingerprint density at radius 3 is 2.55 bits per heavy atom. The fourth-order valence-electron chi connectivity index (χ4n) is 2.60. The number of hydrogen-bond donors (Lipinski definition) is 1. The van der Waals surface area contributed by atoms with E-state index in [2.05, 4.69) is 4.99 Å². The molecule has 3 rings (SSSR count). The summed E-state index contributed by atoms with van der Waals surface area (Å²) in [4.78, 5) is 30.1. The van der Waals surface area contributed by atoms with E-state index in [9.17, 15) is 9.59 Å². The van der Waals surface area contributed by atoms with Gasteiger partial charge in [-0.15, -0.1) is 0 Å². The van der Waals surface area contributed by atoms with Crippen molar-refractivity contribution in [3.63, 3.8) is 0 Å². The Morgan fingerprint density at radius 2 is 1.93 bits per heavy atom. The van der Waals surface area contributed by atoms with E-state index in [1.807, 2.05) is 12.1 Å². The number of anilines is 1. The first kappa shape index (κ1) is 20.8. The summed E-state index contributed by atoms with van der Waals surface area (Å²) in [5, 5.41) is 0.762. The Labute approximate surface area is 177 Å². The molecule has 0 bridgehead atoms. The highest BCUT2D eigenvalue weighted by atomic mass is 35.5. The second kappa shape index (κ2) is 9.02. The molecule has 29 heavy (non-hydrogen) atoms. The largest absolute Gasteiger partial charge is 0.497 e. The van der Waals surface area contributed by atoms with Gasteiger partial charge in [-0.3, -0.25) is 14.5 Å². The number of hydrogen-bond acceptors (Lipinski definition) is 6. The highest BCUT2D eigenvalue weighted by Crippen LogP contribution is 2.34. The zero-order chi connectivity index (χ0) is 21.0. The van der Waals surface area contributed by atoms with Crippen LogP contribution in [0.25, 0.3) is 6.08 Å². The second-order valence-corrected chi connectivity index (χ2v) is 7.26. The topological polar surface area (TPSA) is 94.2 Å². The van der Waals surface area contributed by atoms with Crippen molar-refractivity contribution in [3.8, 4) is 11.5 Å². The lowest BCUT2D eigenvalue weighted by molar-refractivity contribution is -0.115. The smallest absolute Gasteiger partial charge is 0.283 e. The number of carbonyl (C=O) groups excluding carboxylic acids is 2. The standard InChI is InChI=1S/C20H18ClN3O4S/c1-27-14-6-3-12(4-7-14)9-16-19(26)24(20(23-16)29-11-18(22)25)13-5-8-15(21)17(10-13)28-2/h3-10H,11H2,1-2H3,(H2,22,25). The number of nitrogens with two attached hydrogens (primary N) is 1. The lowest BCUT2D eigenvalue weighted by Gasteiger charge is -2.18. The number of methoxy groups -OCH3 is 2. The van der Waals surface area contributed by atoms with Crippen LogP contribution in [0.1, 0.15) is 5.56 Å². The molecule has 1 aliphatic rings. The molecule has 2 aromatic rings. The van der Waals surface area contributed by atoms with Gasteiger partial charge in [0.2, 0.25) is 5.91 Å². The van der Waals surface area contributed by atoms with E-state index < -0.39 is 5.91 Å². The van der Waals surface area contributed by atoms with Crippen molar-refractivity contribution in [3.05, 3.63) is 58.7 Å². The maximum Gasteiger partial charge on any atom is 0.283 e. The van der Waals surface area contributed by atoms with Gasteiger partial charge in [0.15, 0.2) is 5.17 Å². The number of amidine groups is 1. The van der Waals surface area contributed by atoms with Gasteiger partial charge in [-0.1, -0.05) is 35.5 Å². The van der Waals surface area contributed by atoms with E-state index >= 15 is 0 Å². The van der Waals surface area contributed by atoms with Crippen LogP contribution in [0.5, 0.6) is 11.5 Å². The molecule has 0 saturated carbocycles. The number of halogens is 1. The molecule has 1 heterocycles. The van der Waals surface area contributed by atoms with E-state index in [4.69, 9.17) is 26.8 Å². The van der Waals surface area contributed by atoms with Gasteiger partial charge in [0.1, 0.15) is 17.2 Å². The molecule has 2 aromatic carbocycles. The number of ether oxygens (including phenoxy) is 2. The van der Waals surface area contributed by atoms with E-state index in [-0.39, 0.29) is 17.4 Å². The average Bonchev–Trinajstić information content (AvgIpc) is 3.02. The summed E-state index contributed by atoms with van der Waals surface area (Å²) in [6.45, 7) is 0. The molecular weight excluding hydrogens is 414 g/mol. The molecule has 2 N–H and O–H groups in total. The van der Waals surface area contributed by atoms with Crippen LogP contribution in [-0.2, 0) is 9.59 Å². The molecule has 9 heteroatoms. The molecule has 7 nitrogen and oxygen atoms in total. The molecule has 1 aliphatic heterocycles. The van der Waals surface area contributed by atoms with Crippen molar-refractivity contribution in [1.29, 1.82) is 0 Å². The van der Waals surface area contributed by atoms with Gasteiger partial charge in [0.05, 0.1) is 30.7 Å². The molecule has 0 aliphatic carbocycles. The van der Waals surface area contributed by atoms with Crippen LogP contribution in [0.15, 0.2) is 53.2 Å². The summed E-state index contributed by atoms with van der Waals surface area (Å²) in [5.41, 5.74) is 6.79. The number of thioether (sulfide) groups is 1. The van der Waals surface area contributed by atoms with Crippen molar-refractivity contribution in [2.45, 2.75) is 0 Å². The first-order valence-corrected chi connectivity index (χ1v) is 9.83. The molecular formula is C20H18ClN3O4S. The maximum atomic E-state index is 13.1. The fraction of sp³-hybridized carbons (Fsp3) is 0.150. The van der Waals surface area contributed by atoms with Gasteiger partial charge in [0, 0.05) is 6.07 Å². The first-order valence-electron chi connectivity index (χ1n) is 8.46. The summed E-state index contributed by atoms with van der Waals surface area (Å²) in [5.74, 6) is 0.275.